The molecule has 0 bridgehead atoms. The van der Waals surface area contributed by atoms with E-state index in [2.05, 4.69) is 22.1 Å². The molecular weight excluding hydrogens is 126 g/mol. The van der Waals surface area contributed by atoms with Gasteiger partial charge in [0.1, 0.15) is 5.82 Å². The molecule has 0 N–H and O–H groups in total. The molecule has 54 valence electrons. The Bertz CT molecular complexity index is 232. The van der Waals surface area contributed by atoms with Gasteiger partial charge >= 0.3 is 0 Å². The summed E-state index contributed by atoms with van der Waals surface area (Å²) in [6.07, 6.45) is 0.933. The number of nitrogens with zero attached hydrogens (tertiary/aromatic N) is 3. The molecule has 0 atom stereocenters. The fourth-order valence-corrected chi connectivity index (χ4v) is 0.839. The summed E-state index contributed by atoms with van der Waals surface area (Å²) in [5.41, 5.74) is 1.99. The molecule has 3 nitrogen and oxygen atoms in total. The molecule has 1 aromatic rings. The lowest BCUT2D eigenvalue weighted by Gasteiger charge is -1.98. The van der Waals surface area contributed by atoms with Gasteiger partial charge in [-0.05, 0) is 20.3 Å². The zero-order chi connectivity index (χ0) is 7.56. The fraction of sp³-hybridized carbons (Fsp3) is 0.571. The summed E-state index contributed by atoms with van der Waals surface area (Å²) >= 11 is 0. The lowest BCUT2D eigenvalue weighted by atomic mass is 10.3. The van der Waals surface area contributed by atoms with Crippen molar-refractivity contribution in [3.05, 3.63) is 17.2 Å². The van der Waals surface area contributed by atoms with Crippen molar-refractivity contribution in [2.24, 2.45) is 0 Å². The molecular formula is C7H11N3. The van der Waals surface area contributed by atoms with E-state index in [1.807, 2.05) is 13.8 Å². The molecule has 0 spiro atoms. The summed E-state index contributed by atoms with van der Waals surface area (Å²) in [4.78, 5) is 4.22. The van der Waals surface area contributed by atoms with E-state index >= 15 is 0 Å². The van der Waals surface area contributed by atoms with Crippen molar-refractivity contribution >= 4 is 0 Å². The van der Waals surface area contributed by atoms with Gasteiger partial charge in [0.05, 0.1) is 11.4 Å². The SMILES string of the molecule is CCc1nc(C)nnc1C. The van der Waals surface area contributed by atoms with Crippen LogP contribution in [0.4, 0.5) is 0 Å². The molecule has 0 unspecified atom stereocenters. The fourth-order valence-electron chi connectivity index (χ4n) is 0.839. The number of aryl methyl sites for hydroxylation is 3. The first-order valence-electron chi connectivity index (χ1n) is 3.41. The topological polar surface area (TPSA) is 38.7 Å². The Morgan fingerprint density at radius 1 is 1.20 bits per heavy atom. The molecule has 1 rings (SSSR count). The quantitative estimate of drug-likeness (QED) is 0.580. The van der Waals surface area contributed by atoms with Crippen LogP contribution in [0.2, 0.25) is 0 Å². The number of rotatable bonds is 1. The van der Waals surface area contributed by atoms with E-state index in [-0.39, 0.29) is 0 Å². The van der Waals surface area contributed by atoms with Gasteiger partial charge in [-0.15, -0.1) is 5.10 Å². The highest BCUT2D eigenvalue weighted by atomic mass is 15.2. The minimum atomic E-state index is 0.752. The Morgan fingerprint density at radius 3 is 2.40 bits per heavy atom. The molecule has 1 aromatic heterocycles. The zero-order valence-electron chi connectivity index (χ0n) is 6.55. The Morgan fingerprint density at radius 2 is 1.90 bits per heavy atom. The highest BCUT2D eigenvalue weighted by Gasteiger charge is 1.98. The number of hydrogen-bond donors (Lipinski definition) is 0. The molecule has 10 heavy (non-hydrogen) atoms. The van der Waals surface area contributed by atoms with E-state index in [1.165, 1.54) is 0 Å². The van der Waals surface area contributed by atoms with Crippen LogP contribution >= 0.6 is 0 Å². The van der Waals surface area contributed by atoms with Crippen LogP contribution < -0.4 is 0 Å². The van der Waals surface area contributed by atoms with Gasteiger partial charge in [-0.1, -0.05) is 6.92 Å². The highest BCUT2D eigenvalue weighted by molar-refractivity contribution is 5.07. The van der Waals surface area contributed by atoms with Crippen LogP contribution in [0.1, 0.15) is 24.1 Å². The summed E-state index contributed by atoms with van der Waals surface area (Å²) in [7, 11) is 0. The van der Waals surface area contributed by atoms with Crippen molar-refractivity contribution in [1.82, 2.24) is 15.2 Å². The second kappa shape index (κ2) is 2.73. The van der Waals surface area contributed by atoms with Gasteiger partial charge in [-0.25, -0.2) is 4.98 Å². The standard InChI is InChI=1S/C7H11N3/c1-4-7-5(2)9-10-6(3)8-7/h4H2,1-3H3. The molecule has 0 radical (unpaired) electrons. The van der Waals surface area contributed by atoms with Crippen molar-refractivity contribution < 1.29 is 0 Å². The Kier molecular flexibility index (Phi) is 1.94. The van der Waals surface area contributed by atoms with Gasteiger partial charge < -0.3 is 0 Å². The van der Waals surface area contributed by atoms with Crippen molar-refractivity contribution in [1.29, 1.82) is 0 Å². The second-order valence-electron chi connectivity index (χ2n) is 2.24. The molecule has 0 saturated heterocycles. The van der Waals surface area contributed by atoms with Gasteiger partial charge in [0, 0.05) is 0 Å². The van der Waals surface area contributed by atoms with Crippen molar-refractivity contribution in [2.45, 2.75) is 27.2 Å². The van der Waals surface area contributed by atoms with Crippen molar-refractivity contribution in [3.8, 4) is 0 Å². The van der Waals surface area contributed by atoms with E-state index in [4.69, 9.17) is 0 Å². The van der Waals surface area contributed by atoms with E-state index in [1.54, 1.807) is 0 Å². The minimum absolute atomic E-state index is 0.752. The van der Waals surface area contributed by atoms with Crippen LogP contribution in [-0.2, 0) is 6.42 Å². The highest BCUT2D eigenvalue weighted by Crippen LogP contribution is 1.99. The molecule has 1 heterocycles. The molecule has 3 heteroatoms. The Balaban J connectivity index is 3.09. The normalized spacial score (nSPS) is 9.90. The van der Waals surface area contributed by atoms with Crippen LogP contribution in [0, 0.1) is 13.8 Å². The van der Waals surface area contributed by atoms with Crippen LogP contribution in [0.3, 0.4) is 0 Å². The number of hydrogen-bond acceptors (Lipinski definition) is 3. The lowest BCUT2D eigenvalue weighted by Crippen LogP contribution is -2.00. The predicted molar refractivity (Wildman–Crippen MR) is 38.7 cm³/mol. The first-order valence-corrected chi connectivity index (χ1v) is 3.41. The third kappa shape index (κ3) is 1.29. The summed E-state index contributed by atoms with van der Waals surface area (Å²) in [6.45, 7) is 5.85. The largest absolute Gasteiger partial charge is 0.234 e. The third-order valence-electron chi connectivity index (χ3n) is 1.39. The summed E-state index contributed by atoms with van der Waals surface area (Å²) in [6, 6.07) is 0. The Labute approximate surface area is 60.5 Å². The first-order chi connectivity index (χ1) is 4.74. The average molecular weight is 137 g/mol. The van der Waals surface area contributed by atoms with Crippen molar-refractivity contribution in [3.63, 3.8) is 0 Å². The number of aromatic nitrogens is 3. The predicted octanol–water partition coefficient (Wildman–Crippen LogP) is 1.05. The van der Waals surface area contributed by atoms with Gasteiger partial charge in [-0.2, -0.15) is 5.10 Å². The first kappa shape index (κ1) is 7.12. The van der Waals surface area contributed by atoms with E-state index < -0.39 is 0 Å². The summed E-state index contributed by atoms with van der Waals surface area (Å²) in [5.74, 6) is 0.752. The Hall–Kier alpha value is -0.990. The van der Waals surface area contributed by atoms with Gasteiger partial charge in [0.15, 0.2) is 0 Å². The molecule has 0 saturated carbocycles. The van der Waals surface area contributed by atoms with Crippen LogP contribution in [-0.4, -0.2) is 15.2 Å². The maximum Gasteiger partial charge on any atom is 0.148 e. The van der Waals surface area contributed by atoms with Gasteiger partial charge in [-0.3, -0.25) is 0 Å². The molecule has 0 aliphatic heterocycles. The smallest absolute Gasteiger partial charge is 0.148 e. The van der Waals surface area contributed by atoms with Crippen LogP contribution in [0.5, 0.6) is 0 Å². The van der Waals surface area contributed by atoms with Gasteiger partial charge in [0.2, 0.25) is 0 Å². The van der Waals surface area contributed by atoms with Gasteiger partial charge in [0.25, 0.3) is 0 Å². The van der Waals surface area contributed by atoms with Crippen LogP contribution in [0.15, 0.2) is 0 Å². The molecule has 0 fully saturated rings. The zero-order valence-corrected chi connectivity index (χ0v) is 6.55. The summed E-state index contributed by atoms with van der Waals surface area (Å²) < 4.78 is 0. The van der Waals surface area contributed by atoms with Crippen molar-refractivity contribution in [2.75, 3.05) is 0 Å². The molecule has 0 amide bonds. The van der Waals surface area contributed by atoms with E-state index in [0.29, 0.717) is 0 Å². The average Bonchev–Trinajstić information content (AvgIpc) is 1.94. The third-order valence-corrected chi connectivity index (χ3v) is 1.39. The maximum atomic E-state index is 4.22. The van der Waals surface area contributed by atoms with Crippen LogP contribution in [0.25, 0.3) is 0 Å². The molecule has 0 aliphatic rings. The monoisotopic (exact) mass is 137 g/mol. The maximum absolute atomic E-state index is 4.22. The van der Waals surface area contributed by atoms with E-state index in [9.17, 15) is 0 Å². The summed E-state index contributed by atoms with van der Waals surface area (Å²) in [5, 5.41) is 7.76. The minimum Gasteiger partial charge on any atom is -0.234 e. The lowest BCUT2D eigenvalue weighted by molar-refractivity contribution is 0.820. The molecule has 0 aromatic carbocycles. The molecule has 0 aliphatic carbocycles. The second-order valence-corrected chi connectivity index (χ2v) is 2.24. The van der Waals surface area contributed by atoms with E-state index in [0.717, 1.165) is 23.6 Å².